The summed E-state index contributed by atoms with van der Waals surface area (Å²) in [7, 11) is 0. The average Bonchev–Trinajstić information content (AvgIpc) is 2.05. The molecule has 2 rings (SSSR count). The van der Waals surface area contributed by atoms with Crippen LogP contribution in [0.15, 0.2) is 12.4 Å². The molecule has 0 atom stereocenters. The van der Waals surface area contributed by atoms with Crippen molar-refractivity contribution in [2.24, 2.45) is 0 Å². The first-order chi connectivity index (χ1) is 6.34. The Bertz CT molecular complexity index is 269. The van der Waals surface area contributed by atoms with Gasteiger partial charge in [0.15, 0.2) is 0 Å². The van der Waals surface area contributed by atoms with Crippen LogP contribution in [0.5, 0.6) is 0 Å². The van der Waals surface area contributed by atoms with Crippen LogP contribution in [0.2, 0.25) is 0 Å². The Morgan fingerprint density at radius 1 is 1.38 bits per heavy atom. The van der Waals surface area contributed by atoms with Gasteiger partial charge in [-0.25, -0.2) is 4.98 Å². The molecule has 0 radical (unpaired) electrons. The summed E-state index contributed by atoms with van der Waals surface area (Å²) in [6.07, 6.45) is 7.32. The highest BCUT2D eigenvalue weighted by Crippen LogP contribution is 2.22. The van der Waals surface area contributed by atoms with Gasteiger partial charge in [0.05, 0.1) is 30.8 Å². The zero-order chi connectivity index (χ0) is 9.10. The van der Waals surface area contributed by atoms with Crippen molar-refractivity contribution in [2.45, 2.75) is 32.0 Å². The zero-order valence-corrected chi connectivity index (χ0v) is 7.44. The summed E-state index contributed by atoms with van der Waals surface area (Å²) in [6, 6.07) is 0. The molecule has 0 aromatic carbocycles. The smallest absolute Gasteiger partial charge is 0.141 e. The van der Waals surface area contributed by atoms with E-state index in [2.05, 4.69) is 9.97 Å². The summed E-state index contributed by atoms with van der Waals surface area (Å²) in [5, 5.41) is 0. The van der Waals surface area contributed by atoms with Crippen molar-refractivity contribution in [3.63, 3.8) is 0 Å². The monoisotopic (exact) mass is 179 g/mol. The molecular weight excluding hydrogens is 166 g/mol. The highest BCUT2D eigenvalue weighted by atomic mass is 16.5. The van der Waals surface area contributed by atoms with Crippen LogP contribution in [0.1, 0.15) is 25.0 Å². The number of hydrogen-bond donors (Lipinski definition) is 1. The molecule has 0 bridgehead atoms. The third-order valence-electron chi connectivity index (χ3n) is 2.24. The molecule has 1 heterocycles. The summed E-state index contributed by atoms with van der Waals surface area (Å²) in [4.78, 5) is 8.03. The number of aromatic nitrogens is 2. The molecule has 1 aliphatic carbocycles. The van der Waals surface area contributed by atoms with Gasteiger partial charge >= 0.3 is 0 Å². The lowest BCUT2D eigenvalue weighted by Crippen LogP contribution is -2.21. The minimum Gasteiger partial charge on any atom is -0.382 e. The van der Waals surface area contributed by atoms with Crippen LogP contribution >= 0.6 is 0 Å². The standard InChI is InChI=1S/C9H13N3O/c10-9-5-11-7(4-12-9)6-13-8-2-1-3-8/h4-5,8H,1-3,6H2,(H2,10,12). The topological polar surface area (TPSA) is 61.0 Å². The number of anilines is 1. The van der Waals surface area contributed by atoms with Crippen molar-refractivity contribution in [2.75, 3.05) is 5.73 Å². The third kappa shape index (κ3) is 2.15. The van der Waals surface area contributed by atoms with Gasteiger partial charge in [-0.1, -0.05) is 0 Å². The van der Waals surface area contributed by atoms with E-state index in [0.717, 1.165) is 5.69 Å². The molecule has 0 unspecified atom stereocenters. The first-order valence-corrected chi connectivity index (χ1v) is 4.52. The molecular formula is C9H13N3O. The van der Waals surface area contributed by atoms with E-state index in [1.165, 1.54) is 19.3 Å². The molecule has 1 saturated carbocycles. The van der Waals surface area contributed by atoms with Crippen LogP contribution in [0.4, 0.5) is 5.82 Å². The van der Waals surface area contributed by atoms with Crippen molar-refractivity contribution < 1.29 is 4.74 Å². The first-order valence-electron chi connectivity index (χ1n) is 4.52. The van der Waals surface area contributed by atoms with Crippen molar-refractivity contribution >= 4 is 5.82 Å². The number of hydrogen-bond acceptors (Lipinski definition) is 4. The van der Waals surface area contributed by atoms with E-state index in [1.54, 1.807) is 12.4 Å². The number of nitrogens with zero attached hydrogens (tertiary/aromatic N) is 2. The zero-order valence-electron chi connectivity index (χ0n) is 7.44. The van der Waals surface area contributed by atoms with Crippen molar-refractivity contribution in [1.82, 2.24) is 9.97 Å². The molecule has 0 spiro atoms. The molecule has 1 fully saturated rings. The minimum absolute atomic E-state index is 0.444. The van der Waals surface area contributed by atoms with E-state index in [0.29, 0.717) is 18.5 Å². The maximum absolute atomic E-state index is 5.56. The highest BCUT2D eigenvalue weighted by Gasteiger charge is 2.17. The van der Waals surface area contributed by atoms with Gasteiger partial charge in [0.25, 0.3) is 0 Å². The average molecular weight is 179 g/mol. The van der Waals surface area contributed by atoms with Crippen LogP contribution in [0.3, 0.4) is 0 Å². The van der Waals surface area contributed by atoms with Gasteiger partial charge in [0.2, 0.25) is 0 Å². The Balaban J connectivity index is 1.83. The molecule has 1 aromatic rings. The molecule has 1 aliphatic rings. The van der Waals surface area contributed by atoms with Crippen molar-refractivity contribution in [1.29, 1.82) is 0 Å². The van der Waals surface area contributed by atoms with Gasteiger partial charge in [-0.15, -0.1) is 0 Å². The molecule has 0 amide bonds. The number of ether oxygens (including phenoxy) is 1. The predicted octanol–water partition coefficient (Wildman–Crippen LogP) is 1.13. The lowest BCUT2D eigenvalue weighted by Gasteiger charge is -2.25. The van der Waals surface area contributed by atoms with Gasteiger partial charge < -0.3 is 10.5 Å². The second-order valence-corrected chi connectivity index (χ2v) is 3.30. The van der Waals surface area contributed by atoms with Crippen LogP contribution in [-0.2, 0) is 11.3 Å². The third-order valence-corrected chi connectivity index (χ3v) is 2.24. The summed E-state index contributed by atoms with van der Waals surface area (Å²) in [5.41, 5.74) is 6.25. The highest BCUT2D eigenvalue weighted by molar-refractivity contribution is 5.22. The number of rotatable bonds is 3. The molecule has 70 valence electrons. The van der Waals surface area contributed by atoms with Crippen molar-refractivity contribution in [3.05, 3.63) is 18.1 Å². The fourth-order valence-corrected chi connectivity index (χ4v) is 1.18. The molecule has 2 N–H and O–H groups in total. The minimum atomic E-state index is 0.444. The van der Waals surface area contributed by atoms with Crippen LogP contribution in [0.25, 0.3) is 0 Å². The van der Waals surface area contributed by atoms with Crippen LogP contribution in [-0.4, -0.2) is 16.1 Å². The van der Waals surface area contributed by atoms with Gasteiger partial charge in [-0.2, -0.15) is 0 Å². The summed E-state index contributed by atoms with van der Waals surface area (Å²) < 4.78 is 5.56. The fourth-order valence-electron chi connectivity index (χ4n) is 1.18. The Kier molecular flexibility index (Phi) is 2.40. The normalized spacial score (nSPS) is 16.9. The fraction of sp³-hybridized carbons (Fsp3) is 0.556. The molecule has 13 heavy (non-hydrogen) atoms. The second kappa shape index (κ2) is 3.70. The lowest BCUT2D eigenvalue weighted by atomic mass is 9.96. The molecule has 0 saturated heterocycles. The quantitative estimate of drug-likeness (QED) is 0.755. The summed E-state index contributed by atoms with van der Waals surface area (Å²) in [5.74, 6) is 0.451. The van der Waals surface area contributed by atoms with Crippen LogP contribution in [0, 0.1) is 0 Å². The number of nitrogen functional groups attached to an aromatic ring is 1. The van der Waals surface area contributed by atoms with Gasteiger partial charge in [0, 0.05) is 0 Å². The lowest BCUT2D eigenvalue weighted by molar-refractivity contribution is -0.0102. The molecule has 0 aliphatic heterocycles. The van der Waals surface area contributed by atoms with E-state index in [-0.39, 0.29) is 0 Å². The van der Waals surface area contributed by atoms with E-state index in [4.69, 9.17) is 10.5 Å². The molecule has 4 heteroatoms. The SMILES string of the molecule is Nc1cnc(COC2CCC2)cn1. The maximum Gasteiger partial charge on any atom is 0.141 e. The van der Waals surface area contributed by atoms with Gasteiger partial charge in [-0.3, -0.25) is 4.98 Å². The van der Waals surface area contributed by atoms with E-state index >= 15 is 0 Å². The Labute approximate surface area is 77.1 Å². The Hall–Kier alpha value is -1.16. The Morgan fingerprint density at radius 3 is 2.77 bits per heavy atom. The largest absolute Gasteiger partial charge is 0.382 e. The van der Waals surface area contributed by atoms with Crippen LogP contribution < -0.4 is 5.73 Å². The maximum atomic E-state index is 5.56. The van der Waals surface area contributed by atoms with E-state index in [1.807, 2.05) is 0 Å². The molecule has 4 nitrogen and oxygen atoms in total. The number of nitrogens with two attached hydrogens (primary N) is 1. The van der Waals surface area contributed by atoms with E-state index < -0.39 is 0 Å². The Morgan fingerprint density at radius 2 is 2.23 bits per heavy atom. The van der Waals surface area contributed by atoms with Gasteiger partial charge in [0.1, 0.15) is 5.82 Å². The van der Waals surface area contributed by atoms with Gasteiger partial charge in [-0.05, 0) is 19.3 Å². The second-order valence-electron chi connectivity index (χ2n) is 3.30. The summed E-state index contributed by atoms with van der Waals surface area (Å²) in [6.45, 7) is 0.554. The summed E-state index contributed by atoms with van der Waals surface area (Å²) >= 11 is 0. The van der Waals surface area contributed by atoms with Crippen molar-refractivity contribution in [3.8, 4) is 0 Å². The predicted molar refractivity (Wildman–Crippen MR) is 48.9 cm³/mol. The van der Waals surface area contributed by atoms with E-state index in [9.17, 15) is 0 Å². The molecule has 1 aromatic heterocycles. The first kappa shape index (κ1) is 8.44.